The highest BCUT2D eigenvalue weighted by Crippen LogP contribution is 2.32. The van der Waals surface area contributed by atoms with E-state index in [0.717, 1.165) is 24.6 Å². The van der Waals surface area contributed by atoms with Gasteiger partial charge in [0.1, 0.15) is 10.5 Å². The number of rotatable bonds is 5. The Morgan fingerprint density at radius 2 is 2.15 bits per heavy atom. The number of likely N-dealkylation sites (tertiary alicyclic amines) is 1. The number of anilines is 1. The predicted octanol–water partition coefficient (Wildman–Crippen LogP) is 1.70. The Kier molecular flexibility index (Phi) is 4.56. The molecule has 4 heterocycles. The number of piperidine rings is 1. The standard InChI is InChI=1S/C17H21N7OS/c1-22-7-2-14(21-22)20-16(25)17(24-10-5-18-13-24)3-8-23(9-4-17)12-15-19-6-11-26-15/h2,5-7,10-11,13H,3-4,8-9,12H2,1H3,(H,20,21,25). The molecule has 26 heavy (non-hydrogen) atoms. The van der Waals surface area contributed by atoms with Crippen molar-refractivity contribution in [1.82, 2.24) is 29.2 Å². The highest BCUT2D eigenvalue weighted by atomic mass is 32.1. The average Bonchev–Trinajstić information content (AvgIpc) is 3.39. The van der Waals surface area contributed by atoms with Crippen LogP contribution in [0.25, 0.3) is 0 Å². The van der Waals surface area contributed by atoms with Crippen LogP contribution in [0, 0.1) is 0 Å². The van der Waals surface area contributed by atoms with Gasteiger partial charge in [-0.15, -0.1) is 11.3 Å². The Labute approximate surface area is 155 Å². The number of amides is 1. The lowest BCUT2D eigenvalue weighted by Crippen LogP contribution is -2.52. The number of nitrogens with zero attached hydrogens (tertiary/aromatic N) is 6. The number of hydrogen-bond donors (Lipinski definition) is 1. The summed E-state index contributed by atoms with van der Waals surface area (Å²) >= 11 is 1.67. The van der Waals surface area contributed by atoms with Crippen LogP contribution in [0.1, 0.15) is 17.8 Å². The molecule has 1 saturated heterocycles. The van der Waals surface area contributed by atoms with Crippen LogP contribution in [-0.2, 0) is 23.9 Å². The summed E-state index contributed by atoms with van der Waals surface area (Å²) < 4.78 is 3.61. The summed E-state index contributed by atoms with van der Waals surface area (Å²) in [6.07, 6.45) is 10.4. The predicted molar refractivity (Wildman–Crippen MR) is 98.7 cm³/mol. The van der Waals surface area contributed by atoms with Crippen LogP contribution >= 0.6 is 11.3 Å². The van der Waals surface area contributed by atoms with Crippen molar-refractivity contribution in [3.63, 3.8) is 0 Å². The Morgan fingerprint density at radius 3 is 2.77 bits per heavy atom. The van der Waals surface area contributed by atoms with Gasteiger partial charge in [-0.25, -0.2) is 9.97 Å². The van der Waals surface area contributed by atoms with E-state index in [9.17, 15) is 4.79 Å². The first kappa shape index (κ1) is 16.9. The Bertz CT molecular complexity index is 848. The molecule has 8 nitrogen and oxygen atoms in total. The van der Waals surface area contributed by atoms with Crippen LogP contribution in [0.5, 0.6) is 0 Å². The van der Waals surface area contributed by atoms with Gasteiger partial charge in [0.2, 0.25) is 0 Å². The zero-order chi connectivity index (χ0) is 18.0. The minimum Gasteiger partial charge on any atom is -0.322 e. The SMILES string of the molecule is Cn1ccc(NC(=O)C2(n3ccnc3)CCN(Cc3nccs3)CC2)n1. The summed E-state index contributed by atoms with van der Waals surface area (Å²) in [5.41, 5.74) is -0.645. The highest BCUT2D eigenvalue weighted by Gasteiger charge is 2.43. The molecule has 1 amide bonds. The van der Waals surface area contributed by atoms with Gasteiger partial charge in [0.05, 0.1) is 12.9 Å². The molecular formula is C17H21N7OS. The quantitative estimate of drug-likeness (QED) is 0.738. The molecular weight excluding hydrogens is 350 g/mol. The van der Waals surface area contributed by atoms with Crippen molar-refractivity contribution in [1.29, 1.82) is 0 Å². The number of carbonyl (C=O) groups excluding carboxylic acids is 1. The lowest BCUT2D eigenvalue weighted by Gasteiger charge is -2.41. The Balaban J connectivity index is 1.51. The van der Waals surface area contributed by atoms with Crippen molar-refractivity contribution < 1.29 is 4.79 Å². The molecule has 1 N–H and O–H groups in total. The van der Waals surface area contributed by atoms with Crippen molar-refractivity contribution in [2.24, 2.45) is 7.05 Å². The molecule has 9 heteroatoms. The van der Waals surface area contributed by atoms with Gasteiger partial charge in [0.15, 0.2) is 5.82 Å². The van der Waals surface area contributed by atoms with E-state index in [0.29, 0.717) is 18.7 Å². The van der Waals surface area contributed by atoms with E-state index in [1.54, 1.807) is 34.6 Å². The number of carbonyl (C=O) groups is 1. The van der Waals surface area contributed by atoms with Crippen LogP contribution in [0.3, 0.4) is 0 Å². The number of hydrogen-bond acceptors (Lipinski definition) is 6. The van der Waals surface area contributed by atoms with Crippen molar-refractivity contribution in [3.8, 4) is 0 Å². The molecule has 0 aromatic carbocycles. The first-order valence-corrected chi connectivity index (χ1v) is 9.44. The van der Waals surface area contributed by atoms with E-state index in [1.165, 1.54) is 0 Å². The maximum Gasteiger partial charge on any atom is 0.251 e. The second-order valence-corrected chi connectivity index (χ2v) is 7.51. The van der Waals surface area contributed by atoms with E-state index in [4.69, 9.17) is 0 Å². The minimum absolute atomic E-state index is 0.0388. The number of nitrogens with one attached hydrogen (secondary N) is 1. The zero-order valence-electron chi connectivity index (χ0n) is 14.6. The van der Waals surface area contributed by atoms with E-state index in [1.807, 2.05) is 35.6 Å². The molecule has 0 saturated carbocycles. The van der Waals surface area contributed by atoms with Gasteiger partial charge in [-0.1, -0.05) is 0 Å². The first-order valence-electron chi connectivity index (χ1n) is 8.56. The summed E-state index contributed by atoms with van der Waals surface area (Å²) in [6, 6.07) is 1.80. The summed E-state index contributed by atoms with van der Waals surface area (Å²) in [5.74, 6) is 0.533. The molecule has 136 valence electrons. The van der Waals surface area contributed by atoms with E-state index >= 15 is 0 Å². The highest BCUT2D eigenvalue weighted by molar-refractivity contribution is 7.09. The van der Waals surface area contributed by atoms with Crippen molar-refractivity contribution in [2.75, 3.05) is 18.4 Å². The van der Waals surface area contributed by atoms with Crippen LogP contribution < -0.4 is 5.32 Å². The maximum absolute atomic E-state index is 13.2. The van der Waals surface area contributed by atoms with Crippen molar-refractivity contribution >= 4 is 23.1 Å². The lowest BCUT2D eigenvalue weighted by molar-refractivity contribution is -0.127. The van der Waals surface area contributed by atoms with Gasteiger partial charge in [-0.2, -0.15) is 5.10 Å². The molecule has 1 aliphatic rings. The first-order chi connectivity index (χ1) is 12.7. The number of imidazole rings is 1. The molecule has 0 radical (unpaired) electrons. The van der Waals surface area contributed by atoms with Crippen LogP contribution in [0.4, 0.5) is 5.82 Å². The molecule has 3 aromatic heterocycles. The van der Waals surface area contributed by atoms with E-state index in [2.05, 4.69) is 25.3 Å². The zero-order valence-corrected chi connectivity index (χ0v) is 15.4. The molecule has 0 aliphatic carbocycles. The van der Waals surface area contributed by atoms with Gasteiger partial charge in [-0.3, -0.25) is 14.4 Å². The third kappa shape index (κ3) is 3.27. The smallest absolute Gasteiger partial charge is 0.251 e. The fourth-order valence-electron chi connectivity index (χ4n) is 3.43. The van der Waals surface area contributed by atoms with Gasteiger partial charge < -0.3 is 9.88 Å². The van der Waals surface area contributed by atoms with E-state index in [-0.39, 0.29) is 5.91 Å². The normalized spacial score (nSPS) is 17.3. The van der Waals surface area contributed by atoms with Gasteiger partial charge in [-0.05, 0) is 12.8 Å². The Hall–Kier alpha value is -2.52. The number of aryl methyl sites for hydroxylation is 1. The van der Waals surface area contributed by atoms with Crippen molar-refractivity contribution in [2.45, 2.75) is 24.9 Å². The Morgan fingerprint density at radius 1 is 1.31 bits per heavy atom. The van der Waals surface area contributed by atoms with Gasteiger partial charge in [0.25, 0.3) is 5.91 Å². The molecule has 0 bridgehead atoms. The summed E-state index contributed by atoms with van der Waals surface area (Å²) in [6.45, 7) is 2.49. The average molecular weight is 371 g/mol. The summed E-state index contributed by atoms with van der Waals surface area (Å²) in [7, 11) is 1.83. The lowest BCUT2D eigenvalue weighted by atomic mass is 9.86. The monoisotopic (exact) mass is 371 g/mol. The van der Waals surface area contributed by atoms with Gasteiger partial charge >= 0.3 is 0 Å². The van der Waals surface area contributed by atoms with Gasteiger partial charge in [0, 0.05) is 56.4 Å². The second-order valence-electron chi connectivity index (χ2n) is 6.53. The van der Waals surface area contributed by atoms with Crippen LogP contribution in [-0.4, -0.2) is 48.2 Å². The molecule has 1 fully saturated rings. The fraction of sp³-hybridized carbons (Fsp3) is 0.412. The van der Waals surface area contributed by atoms with Crippen LogP contribution in [0.15, 0.2) is 42.6 Å². The number of thiazole rings is 1. The molecule has 0 unspecified atom stereocenters. The maximum atomic E-state index is 13.2. The van der Waals surface area contributed by atoms with Crippen molar-refractivity contribution in [3.05, 3.63) is 47.6 Å². The number of aromatic nitrogens is 5. The third-order valence-corrected chi connectivity index (χ3v) is 5.67. The van der Waals surface area contributed by atoms with E-state index < -0.39 is 5.54 Å². The molecule has 0 spiro atoms. The molecule has 4 rings (SSSR count). The molecule has 3 aromatic rings. The largest absolute Gasteiger partial charge is 0.322 e. The topological polar surface area (TPSA) is 80.9 Å². The summed E-state index contributed by atoms with van der Waals surface area (Å²) in [5, 5.41) is 10.3. The molecule has 1 aliphatic heterocycles. The molecule has 0 atom stereocenters. The third-order valence-electron chi connectivity index (χ3n) is 4.90. The summed E-state index contributed by atoms with van der Waals surface area (Å²) in [4.78, 5) is 24.1. The van der Waals surface area contributed by atoms with Crippen LogP contribution in [0.2, 0.25) is 0 Å². The fourth-order valence-corrected chi connectivity index (χ4v) is 4.09. The second kappa shape index (κ2) is 7.00. The minimum atomic E-state index is -0.645.